The Morgan fingerprint density at radius 1 is 0.655 bits per heavy atom. The molecule has 454 valence electrons. The second-order valence-electron chi connectivity index (χ2n) is 23.8. The highest BCUT2D eigenvalue weighted by Crippen LogP contribution is 2.36. The third-order valence-corrected chi connectivity index (χ3v) is 14.9. The molecule has 5 aromatic rings. The molecule has 2 atom stereocenters. The summed E-state index contributed by atoms with van der Waals surface area (Å²) in [5.41, 5.74) is 6.70. The van der Waals surface area contributed by atoms with E-state index < -0.39 is 35.3 Å². The Kier molecular flexibility index (Phi) is 22.8. The van der Waals surface area contributed by atoms with Crippen LogP contribution in [0.4, 0.5) is 39.7 Å². The van der Waals surface area contributed by atoms with E-state index in [2.05, 4.69) is 94.4 Å². The van der Waals surface area contributed by atoms with Crippen molar-refractivity contribution in [2.75, 3.05) is 83.4 Å². The van der Waals surface area contributed by atoms with Crippen LogP contribution in [-0.4, -0.2) is 129 Å². The van der Waals surface area contributed by atoms with Crippen LogP contribution in [0.2, 0.25) is 0 Å². The van der Waals surface area contributed by atoms with Gasteiger partial charge in [0, 0.05) is 93.6 Å². The predicted octanol–water partition coefficient (Wildman–Crippen LogP) is 9.88. The molecule has 6 N–H and O–H groups in total. The zero-order valence-electron chi connectivity index (χ0n) is 51.0. The minimum atomic E-state index is -0.995. The van der Waals surface area contributed by atoms with Crippen LogP contribution in [-0.2, 0) is 60.9 Å². The average Bonchev–Trinajstić information content (AvgIpc) is 3.66. The molecule has 2 saturated heterocycles. The molecular weight excluding hydrogens is 1070 g/mol. The summed E-state index contributed by atoms with van der Waals surface area (Å²) in [6.07, 6.45) is 12.6. The lowest BCUT2D eigenvalue weighted by molar-refractivity contribution is -0.159. The highest BCUT2D eigenvalue weighted by molar-refractivity contribution is 5.82. The Balaban J connectivity index is 0.000000233. The molecule has 21 nitrogen and oxygen atoms in total. The number of ether oxygens (including phenoxy) is 3. The van der Waals surface area contributed by atoms with E-state index in [4.69, 9.17) is 34.1 Å². The molecule has 0 saturated carbocycles. The van der Waals surface area contributed by atoms with Gasteiger partial charge in [0.1, 0.15) is 71.4 Å². The van der Waals surface area contributed by atoms with E-state index in [1.807, 2.05) is 58.0 Å². The maximum absolute atomic E-state index is 13.1. The number of amides is 1. The summed E-state index contributed by atoms with van der Waals surface area (Å²) in [5, 5.41) is 23.7. The Morgan fingerprint density at radius 2 is 1.11 bits per heavy atom. The normalized spacial score (nSPS) is 16.0. The summed E-state index contributed by atoms with van der Waals surface area (Å²) in [4.78, 5) is 80.1. The van der Waals surface area contributed by atoms with Gasteiger partial charge in [0.2, 0.25) is 0 Å². The number of anilines is 6. The van der Waals surface area contributed by atoms with Crippen molar-refractivity contribution < 1.29 is 38.5 Å². The summed E-state index contributed by atoms with van der Waals surface area (Å²) in [5.74, 6) is 4.44. The van der Waals surface area contributed by atoms with Gasteiger partial charge in [0.05, 0.1) is 5.92 Å². The largest absolute Gasteiger partial charge is 0.481 e. The van der Waals surface area contributed by atoms with Crippen LogP contribution in [0.5, 0.6) is 0 Å². The van der Waals surface area contributed by atoms with E-state index in [0.29, 0.717) is 30.6 Å². The van der Waals surface area contributed by atoms with E-state index in [0.717, 1.165) is 149 Å². The number of piperidine rings is 2. The number of carbonyl (C=O) groups excluding carboxylic acids is 3. The number of alkyl carbamates (subject to hydrolysis) is 1. The summed E-state index contributed by atoms with van der Waals surface area (Å²) in [7, 11) is 0. The second-order valence-corrected chi connectivity index (χ2v) is 23.8. The van der Waals surface area contributed by atoms with Crippen LogP contribution in [0.3, 0.4) is 0 Å². The minimum Gasteiger partial charge on any atom is -0.481 e. The fourth-order valence-corrected chi connectivity index (χ4v) is 10.6. The summed E-state index contributed by atoms with van der Waals surface area (Å²) in [6.45, 7) is 24.4. The zero-order chi connectivity index (χ0) is 60.4. The topological polar surface area (TPSA) is 260 Å². The first-order valence-corrected chi connectivity index (χ1v) is 29.9. The van der Waals surface area contributed by atoms with Crippen molar-refractivity contribution in [3.8, 4) is 0 Å². The highest BCUT2D eigenvalue weighted by atomic mass is 16.6. The molecule has 4 aliphatic rings. The number of rotatable bonds is 17. The number of carboxylic acids is 1. The predicted molar refractivity (Wildman–Crippen MR) is 328 cm³/mol. The average molecular weight is 1160 g/mol. The van der Waals surface area contributed by atoms with Crippen molar-refractivity contribution in [2.24, 2.45) is 5.92 Å². The van der Waals surface area contributed by atoms with Gasteiger partial charge in [-0.1, -0.05) is 63.2 Å². The molecule has 21 heteroatoms. The van der Waals surface area contributed by atoms with Crippen LogP contribution in [0.25, 0.3) is 0 Å². The van der Waals surface area contributed by atoms with Gasteiger partial charge in [0.25, 0.3) is 5.97 Å². The van der Waals surface area contributed by atoms with Gasteiger partial charge in [-0.05, 0) is 135 Å². The van der Waals surface area contributed by atoms with Crippen molar-refractivity contribution in [2.45, 2.75) is 169 Å². The lowest BCUT2D eigenvalue weighted by Crippen LogP contribution is -2.48. The van der Waals surface area contributed by atoms with Crippen LogP contribution in [0.15, 0.2) is 67.3 Å². The molecule has 0 spiro atoms. The van der Waals surface area contributed by atoms with Gasteiger partial charge >= 0.3 is 18.0 Å². The number of fused-ring (bicyclic) bond motifs is 2. The number of benzene rings is 1. The van der Waals surface area contributed by atoms with Gasteiger partial charge in [-0.25, -0.2) is 39.5 Å². The molecular formula is C63H89N13O8. The molecule has 84 heavy (non-hydrogen) atoms. The minimum absolute atomic E-state index is 0.0684. The van der Waals surface area contributed by atoms with Crippen LogP contribution >= 0.6 is 0 Å². The molecule has 4 aromatic heterocycles. The number of pyridine rings is 2. The number of aliphatic carboxylic acids is 1. The van der Waals surface area contributed by atoms with Crippen LogP contribution in [0.1, 0.15) is 159 Å². The van der Waals surface area contributed by atoms with E-state index in [9.17, 15) is 14.4 Å². The van der Waals surface area contributed by atoms with Crippen molar-refractivity contribution in [3.63, 3.8) is 0 Å². The summed E-state index contributed by atoms with van der Waals surface area (Å²) in [6, 6.07) is 17.3. The van der Waals surface area contributed by atoms with Gasteiger partial charge in [0.15, 0.2) is 0 Å². The number of aryl methyl sites for hydroxylation is 2. The maximum Gasteiger partial charge on any atom is 0.408 e. The number of esters is 2. The first kappa shape index (κ1) is 63.7. The Bertz CT molecular complexity index is 2970. The molecule has 8 heterocycles. The van der Waals surface area contributed by atoms with Crippen LogP contribution in [0, 0.1) is 5.92 Å². The number of carboxylic acid groups (broad SMARTS) is 1. The lowest BCUT2D eigenvalue weighted by atomic mass is 9.92. The molecule has 0 radical (unpaired) electrons. The Hall–Kier alpha value is -7.84. The molecule has 0 bridgehead atoms. The SMILES string of the molecule is CC(=O)O.CCc1c(NC[C@H](C)C(=O)OC(C)(C)C)ncnc1N1CCC(c2ccc3c(n2)NCCC3)CC1.CCc1c(NC[C@H](NC(=O)OCc2ccccc2)C(=O)OC(C)(C)C)ncnc1N1CCC(c2ccc3c(n2)NCCC3)CC1. The summed E-state index contributed by atoms with van der Waals surface area (Å²) < 4.78 is 16.5. The zero-order valence-corrected chi connectivity index (χ0v) is 51.0. The van der Waals surface area contributed by atoms with Crippen molar-refractivity contribution in [1.82, 2.24) is 35.2 Å². The Labute approximate surface area is 495 Å². The van der Waals surface area contributed by atoms with Crippen LogP contribution < -0.4 is 36.4 Å². The lowest BCUT2D eigenvalue weighted by Gasteiger charge is -2.34. The number of nitrogens with zero attached hydrogens (tertiary/aromatic N) is 8. The van der Waals surface area contributed by atoms with Gasteiger partial charge in [-0.2, -0.15) is 0 Å². The number of hydrogen-bond donors (Lipinski definition) is 6. The first-order valence-electron chi connectivity index (χ1n) is 29.9. The quantitative estimate of drug-likeness (QED) is 0.0374. The smallest absolute Gasteiger partial charge is 0.408 e. The van der Waals surface area contributed by atoms with E-state index in [1.165, 1.54) is 23.2 Å². The molecule has 0 unspecified atom stereocenters. The molecule has 1 amide bonds. The number of aromatic nitrogens is 6. The second kappa shape index (κ2) is 30.1. The highest BCUT2D eigenvalue weighted by Gasteiger charge is 2.31. The molecule has 9 rings (SSSR count). The molecule has 0 aliphatic carbocycles. The van der Waals surface area contributed by atoms with Crippen molar-refractivity contribution in [3.05, 3.63) is 106 Å². The van der Waals surface area contributed by atoms with Crippen molar-refractivity contribution in [1.29, 1.82) is 0 Å². The maximum atomic E-state index is 13.1. The van der Waals surface area contributed by atoms with E-state index in [1.54, 1.807) is 33.4 Å². The van der Waals surface area contributed by atoms with Gasteiger partial charge < -0.3 is 55.7 Å². The van der Waals surface area contributed by atoms with Gasteiger partial charge in [-0.3, -0.25) is 9.59 Å². The number of carbonyl (C=O) groups is 4. The first-order chi connectivity index (χ1) is 40.2. The Morgan fingerprint density at radius 3 is 1.56 bits per heavy atom. The van der Waals surface area contributed by atoms with E-state index >= 15 is 0 Å². The monoisotopic (exact) mass is 1160 g/mol. The third-order valence-electron chi connectivity index (χ3n) is 14.9. The summed E-state index contributed by atoms with van der Waals surface area (Å²) >= 11 is 0. The third kappa shape index (κ3) is 18.8. The van der Waals surface area contributed by atoms with Crippen molar-refractivity contribution >= 4 is 58.9 Å². The molecule has 4 aliphatic heterocycles. The molecule has 1 aromatic carbocycles. The fraction of sp³-hybridized carbons (Fsp3) is 0.556. The number of nitrogens with one attached hydrogen (secondary N) is 5. The van der Waals surface area contributed by atoms with Gasteiger partial charge in [-0.15, -0.1) is 0 Å². The molecule has 2 fully saturated rings. The fourth-order valence-electron chi connectivity index (χ4n) is 10.6. The standard InChI is InChI=1S/C34H45N7O4.C27H40N6O2.C2H4O2/c1-5-26-30(36-20-28(32(42)45-34(2,3)4)40-33(43)44-21-23-10-7-6-8-11-23)37-22-38-31(26)41-18-15-24(16-19-41)27-14-13-25-12-9-17-35-29(25)39-27;1-6-21-24(29-16-18(2)26(34)35-27(3,4)5)30-17-31-25(21)33-14-11-19(12-15-33)22-10-9-20-8-7-13-28-23(20)32-22;1-2(3)4/h6-8,10-11,13-14,22,24,28H,5,9,12,15-21H2,1-4H3,(H,35,39)(H,40,43)(H,36,37,38);9-10,17-19H,6-8,11-16H2,1-5H3,(H,28,32)(H,29,30,31);1H3,(H,3,4)/t28-;18-;/m00./s1. The number of hydrogen-bond acceptors (Lipinski definition) is 19. The van der Waals surface area contributed by atoms with E-state index in [-0.39, 0.29) is 25.0 Å².